The lowest BCUT2D eigenvalue weighted by molar-refractivity contribution is -0.120. The Morgan fingerprint density at radius 1 is 0.788 bits per heavy atom. The van der Waals surface area contributed by atoms with Gasteiger partial charge in [0.05, 0.1) is 25.5 Å². The SMILES string of the molecule is COc1cc(NC2=C(c3ccc(C)c(C)c3)C(=O)N(c3ccc(Cl)cc3)C2=O)cc(OC)c1. The van der Waals surface area contributed by atoms with Gasteiger partial charge in [-0.15, -0.1) is 0 Å². The van der Waals surface area contributed by atoms with Crippen LogP contribution in [0.25, 0.3) is 5.57 Å². The standard InChI is InChI=1S/C26H23ClN2O4/c1-15-5-6-17(11-16(15)2)23-24(28-19-12-21(32-3)14-22(13-19)33-4)26(31)29(25(23)30)20-9-7-18(27)8-10-20/h5-14,28H,1-4H3. The van der Waals surface area contributed by atoms with Gasteiger partial charge in [0.15, 0.2) is 0 Å². The minimum atomic E-state index is -0.461. The van der Waals surface area contributed by atoms with E-state index < -0.39 is 11.8 Å². The molecule has 1 N–H and O–H groups in total. The van der Waals surface area contributed by atoms with Crippen LogP contribution in [-0.4, -0.2) is 26.0 Å². The van der Waals surface area contributed by atoms with E-state index in [2.05, 4.69) is 5.32 Å². The van der Waals surface area contributed by atoms with Gasteiger partial charge in [0.2, 0.25) is 0 Å². The largest absolute Gasteiger partial charge is 0.497 e. The molecule has 1 heterocycles. The van der Waals surface area contributed by atoms with Gasteiger partial charge in [-0.25, -0.2) is 4.90 Å². The van der Waals surface area contributed by atoms with Crippen LogP contribution in [0.2, 0.25) is 5.02 Å². The highest BCUT2D eigenvalue weighted by atomic mass is 35.5. The third-order valence-corrected chi connectivity index (χ3v) is 5.84. The van der Waals surface area contributed by atoms with Crippen molar-refractivity contribution in [1.29, 1.82) is 0 Å². The zero-order valence-corrected chi connectivity index (χ0v) is 19.5. The van der Waals surface area contributed by atoms with Gasteiger partial charge in [-0.05, 0) is 54.8 Å². The van der Waals surface area contributed by atoms with Crippen molar-refractivity contribution in [3.63, 3.8) is 0 Å². The van der Waals surface area contributed by atoms with E-state index in [-0.39, 0.29) is 5.70 Å². The molecule has 0 fully saturated rings. The summed E-state index contributed by atoms with van der Waals surface area (Å²) >= 11 is 6.01. The first-order valence-electron chi connectivity index (χ1n) is 10.3. The molecule has 0 atom stereocenters. The number of ether oxygens (including phenoxy) is 2. The molecule has 168 valence electrons. The number of carbonyl (C=O) groups is 2. The van der Waals surface area contributed by atoms with Crippen molar-refractivity contribution >= 4 is 40.4 Å². The van der Waals surface area contributed by atoms with Crippen LogP contribution < -0.4 is 19.7 Å². The molecule has 0 saturated carbocycles. The van der Waals surface area contributed by atoms with Gasteiger partial charge in [0.1, 0.15) is 17.2 Å². The van der Waals surface area contributed by atoms with Crippen LogP contribution >= 0.6 is 11.6 Å². The second-order valence-corrected chi connectivity index (χ2v) is 8.13. The summed E-state index contributed by atoms with van der Waals surface area (Å²) < 4.78 is 10.7. The predicted octanol–water partition coefficient (Wildman–Crippen LogP) is 5.37. The van der Waals surface area contributed by atoms with Crippen molar-refractivity contribution in [2.45, 2.75) is 13.8 Å². The zero-order valence-electron chi connectivity index (χ0n) is 18.7. The number of aryl methyl sites for hydroxylation is 2. The Kier molecular flexibility index (Phi) is 6.11. The minimum Gasteiger partial charge on any atom is -0.497 e. The summed E-state index contributed by atoms with van der Waals surface area (Å²) in [7, 11) is 3.09. The maximum atomic E-state index is 13.6. The molecule has 0 aromatic heterocycles. The zero-order chi connectivity index (χ0) is 23.7. The highest BCUT2D eigenvalue weighted by Gasteiger charge is 2.40. The van der Waals surface area contributed by atoms with Crippen molar-refractivity contribution in [3.8, 4) is 11.5 Å². The second kappa shape index (κ2) is 9.00. The summed E-state index contributed by atoms with van der Waals surface area (Å²) in [5.74, 6) is 0.230. The van der Waals surface area contributed by atoms with E-state index in [1.165, 1.54) is 0 Å². The number of imide groups is 1. The molecule has 0 unspecified atom stereocenters. The molecule has 2 amide bonds. The summed E-state index contributed by atoms with van der Waals surface area (Å²) in [5, 5.41) is 3.66. The maximum absolute atomic E-state index is 13.6. The lowest BCUT2D eigenvalue weighted by Gasteiger charge is -2.16. The Hall–Kier alpha value is -3.77. The van der Waals surface area contributed by atoms with E-state index in [0.29, 0.717) is 39.0 Å². The summed E-state index contributed by atoms with van der Waals surface area (Å²) in [5.41, 5.74) is 4.24. The first kappa shape index (κ1) is 22.4. The number of hydrogen-bond donors (Lipinski definition) is 1. The molecular weight excluding hydrogens is 440 g/mol. The fourth-order valence-electron chi connectivity index (χ4n) is 3.66. The molecule has 3 aromatic rings. The molecule has 33 heavy (non-hydrogen) atoms. The van der Waals surface area contributed by atoms with E-state index in [9.17, 15) is 9.59 Å². The Balaban J connectivity index is 1.85. The average Bonchev–Trinajstić information content (AvgIpc) is 3.05. The molecule has 0 spiro atoms. The molecule has 0 radical (unpaired) electrons. The van der Waals surface area contributed by atoms with Gasteiger partial charge in [0, 0.05) is 28.9 Å². The van der Waals surface area contributed by atoms with Crippen LogP contribution in [0.4, 0.5) is 11.4 Å². The quantitative estimate of drug-likeness (QED) is 0.499. The van der Waals surface area contributed by atoms with Gasteiger partial charge in [0.25, 0.3) is 11.8 Å². The number of hydrogen-bond acceptors (Lipinski definition) is 5. The number of nitrogens with one attached hydrogen (secondary N) is 1. The van der Waals surface area contributed by atoms with E-state index in [0.717, 1.165) is 16.0 Å². The van der Waals surface area contributed by atoms with Gasteiger partial charge in [-0.1, -0.05) is 29.8 Å². The lowest BCUT2D eigenvalue weighted by atomic mass is 9.99. The number of carbonyl (C=O) groups excluding carboxylic acids is 2. The molecule has 0 bridgehead atoms. The van der Waals surface area contributed by atoms with E-state index in [1.54, 1.807) is 56.7 Å². The number of rotatable bonds is 6. The smallest absolute Gasteiger partial charge is 0.282 e. The van der Waals surface area contributed by atoms with Crippen LogP contribution in [-0.2, 0) is 9.59 Å². The molecular formula is C26H23ClN2O4. The first-order valence-corrected chi connectivity index (χ1v) is 10.7. The number of amides is 2. The van der Waals surface area contributed by atoms with Crippen molar-refractivity contribution in [3.05, 3.63) is 88.1 Å². The molecule has 6 nitrogen and oxygen atoms in total. The van der Waals surface area contributed by atoms with Crippen LogP contribution in [0.5, 0.6) is 11.5 Å². The van der Waals surface area contributed by atoms with Gasteiger partial charge in [-0.2, -0.15) is 0 Å². The van der Waals surface area contributed by atoms with Gasteiger partial charge < -0.3 is 14.8 Å². The molecule has 0 saturated heterocycles. The van der Waals surface area contributed by atoms with E-state index in [1.807, 2.05) is 32.0 Å². The lowest BCUT2D eigenvalue weighted by Crippen LogP contribution is -2.32. The van der Waals surface area contributed by atoms with Crippen LogP contribution in [0.1, 0.15) is 16.7 Å². The fourth-order valence-corrected chi connectivity index (χ4v) is 3.79. The number of halogens is 1. The average molecular weight is 463 g/mol. The summed E-state index contributed by atoms with van der Waals surface area (Å²) in [6.07, 6.45) is 0. The minimum absolute atomic E-state index is 0.175. The highest BCUT2D eigenvalue weighted by molar-refractivity contribution is 6.46. The Morgan fingerprint density at radius 3 is 2.00 bits per heavy atom. The van der Waals surface area contributed by atoms with Crippen molar-refractivity contribution in [2.24, 2.45) is 0 Å². The first-order chi connectivity index (χ1) is 15.8. The molecule has 1 aliphatic heterocycles. The summed E-state index contributed by atoms with van der Waals surface area (Å²) in [6.45, 7) is 3.97. The number of methoxy groups -OCH3 is 2. The summed E-state index contributed by atoms with van der Waals surface area (Å²) in [4.78, 5) is 28.3. The van der Waals surface area contributed by atoms with Crippen molar-refractivity contribution in [2.75, 3.05) is 24.4 Å². The number of nitrogens with zero attached hydrogens (tertiary/aromatic N) is 1. The van der Waals surface area contributed by atoms with Crippen LogP contribution in [0.15, 0.2) is 66.4 Å². The Morgan fingerprint density at radius 2 is 1.42 bits per heavy atom. The number of anilines is 2. The highest BCUT2D eigenvalue weighted by Crippen LogP contribution is 2.36. The third kappa shape index (κ3) is 4.30. The number of benzene rings is 3. The molecule has 4 rings (SSSR count). The molecule has 0 aliphatic carbocycles. The van der Waals surface area contributed by atoms with Crippen LogP contribution in [0, 0.1) is 13.8 Å². The van der Waals surface area contributed by atoms with Crippen molar-refractivity contribution < 1.29 is 19.1 Å². The third-order valence-electron chi connectivity index (χ3n) is 5.59. The normalized spacial score (nSPS) is 13.5. The molecule has 7 heteroatoms. The Bertz CT molecular complexity index is 1260. The molecule has 1 aliphatic rings. The molecule has 3 aromatic carbocycles. The van der Waals surface area contributed by atoms with Gasteiger partial charge >= 0.3 is 0 Å². The predicted molar refractivity (Wildman–Crippen MR) is 130 cm³/mol. The topological polar surface area (TPSA) is 67.9 Å². The maximum Gasteiger partial charge on any atom is 0.282 e. The van der Waals surface area contributed by atoms with E-state index >= 15 is 0 Å². The summed E-state index contributed by atoms with van der Waals surface area (Å²) in [6, 6.07) is 17.5. The van der Waals surface area contributed by atoms with E-state index in [4.69, 9.17) is 21.1 Å². The van der Waals surface area contributed by atoms with Gasteiger partial charge in [-0.3, -0.25) is 9.59 Å². The monoisotopic (exact) mass is 462 g/mol. The van der Waals surface area contributed by atoms with Crippen molar-refractivity contribution in [1.82, 2.24) is 0 Å². The second-order valence-electron chi connectivity index (χ2n) is 7.70. The Labute approximate surface area is 197 Å². The fraction of sp³-hybridized carbons (Fsp3) is 0.154. The van der Waals surface area contributed by atoms with Crippen LogP contribution in [0.3, 0.4) is 0 Å².